The number of phenolic OH excluding ortho intramolecular Hbond substituents is 2. The number of aromatic hydroxyl groups is 2. The highest BCUT2D eigenvalue weighted by molar-refractivity contribution is 5.81. The molecule has 0 fully saturated rings. The quantitative estimate of drug-likeness (QED) is 0.627. The van der Waals surface area contributed by atoms with E-state index in [2.05, 4.69) is 4.98 Å². The molecule has 4 N–H and O–H groups in total. The van der Waals surface area contributed by atoms with Crippen LogP contribution in [0.4, 0.5) is 10.2 Å². The van der Waals surface area contributed by atoms with Crippen LogP contribution in [0.1, 0.15) is 5.56 Å². The summed E-state index contributed by atoms with van der Waals surface area (Å²) in [7, 11) is 0. The number of hydrogen-bond donors (Lipinski definition) is 3. The number of phenols is 2. The van der Waals surface area contributed by atoms with Gasteiger partial charge in [-0.3, -0.25) is 0 Å². The van der Waals surface area contributed by atoms with Crippen molar-refractivity contribution in [1.29, 1.82) is 5.26 Å². The molecule has 0 saturated carbocycles. The molecule has 0 atom stereocenters. The number of nitrogen functional groups attached to an aromatic ring is 1. The zero-order valence-electron chi connectivity index (χ0n) is 12.4. The number of aromatic nitrogens is 1. The predicted molar refractivity (Wildman–Crippen MR) is 87.5 cm³/mol. The largest absolute Gasteiger partial charge is 0.504 e. The maximum absolute atomic E-state index is 13.4. The Kier molecular flexibility index (Phi) is 3.76. The summed E-state index contributed by atoms with van der Waals surface area (Å²) in [4.78, 5) is 4.16. The van der Waals surface area contributed by atoms with E-state index < -0.39 is 5.82 Å². The lowest BCUT2D eigenvalue weighted by Crippen LogP contribution is -2.00. The Morgan fingerprint density at radius 3 is 2.46 bits per heavy atom. The number of benzene rings is 2. The fourth-order valence-electron chi connectivity index (χ4n) is 2.40. The number of halogens is 1. The van der Waals surface area contributed by atoms with Gasteiger partial charge in [-0.1, -0.05) is 18.2 Å². The van der Waals surface area contributed by atoms with E-state index in [0.717, 1.165) is 0 Å². The number of nitrogens with two attached hydrogens (primary N) is 1. The van der Waals surface area contributed by atoms with Crippen LogP contribution in [0.5, 0.6) is 11.5 Å². The van der Waals surface area contributed by atoms with Gasteiger partial charge in [-0.05, 0) is 35.9 Å². The first-order valence-corrected chi connectivity index (χ1v) is 6.98. The van der Waals surface area contributed by atoms with Crippen LogP contribution in [0.25, 0.3) is 22.4 Å². The molecule has 1 heterocycles. The Hall–Kier alpha value is -3.59. The molecule has 6 heteroatoms. The van der Waals surface area contributed by atoms with E-state index in [0.29, 0.717) is 22.4 Å². The third-order valence-electron chi connectivity index (χ3n) is 3.57. The predicted octanol–water partition coefficient (Wildman–Crippen LogP) is 3.42. The van der Waals surface area contributed by atoms with E-state index in [4.69, 9.17) is 5.73 Å². The average molecular weight is 321 g/mol. The van der Waals surface area contributed by atoms with Crippen molar-refractivity contribution in [3.63, 3.8) is 0 Å². The molecule has 0 aliphatic rings. The molecule has 0 aliphatic heterocycles. The van der Waals surface area contributed by atoms with Crippen LogP contribution in [0, 0.1) is 17.1 Å². The molecule has 24 heavy (non-hydrogen) atoms. The highest BCUT2D eigenvalue weighted by atomic mass is 19.1. The van der Waals surface area contributed by atoms with E-state index in [1.807, 2.05) is 6.07 Å². The Morgan fingerprint density at radius 1 is 1.00 bits per heavy atom. The standard InChI is InChI=1S/C18H12FN3O2/c19-12-3-1-2-11(6-12)15-8-13(14(9-20)18(21)22-15)10-4-5-16(23)17(24)7-10/h1-8,23-24H,(H2,21,22). The molecule has 2 aromatic carbocycles. The van der Waals surface area contributed by atoms with Crippen LogP contribution >= 0.6 is 0 Å². The number of hydrogen-bond acceptors (Lipinski definition) is 5. The summed E-state index contributed by atoms with van der Waals surface area (Å²) in [6.07, 6.45) is 0. The molecule has 0 aliphatic carbocycles. The second-order valence-corrected chi connectivity index (χ2v) is 5.14. The maximum atomic E-state index is 13.4. The van der Waals surface area contributed by atoms with Gasteiger partial charge in [0.2, 0.25) is 0 Å². The molecule has 0 saturated heterocycles. The van der Waals surface area contributed by atoms with Gasteiger partial charge in [0.05, 0.1) is 5.69 Å². The molecule has 0 bridgehead atoms. The van der Waals surface area contributed by atoms with Crippen LogP contribution in [0.15, 0.2) is 48.5 Å². The van der Waals surface area contributed by atoms with Gasteiger partial charge in [-0.15, -0.1) is 0 Å². The molecule has 5 nitrogen and oxygen atoms in total. The summed E-state index contributed by atoms with van der Waals surface area (Å²) in [6.45, 7) is 0. The van der Waals surface area contributed by atoms with Gasteiger partial charge in [0.1, 0.15) is 23.3 Å². The summed E-state index contributed by atoms with van der Waals surface area (Å²) in [5, 5.41) is 28.5. The highest BCUT2D eigenvalue weighted by Crippen LogP contribution is 2.35. The van der Waals surface area contributed by atoms with E-state index in [-0.39, 0.29) is 22.9 Å². The van der Waals surface area contributed by atoms with Crippen LogP contribution < -0.4 is 5.73 Å². The third kappa shape index (κ3) is 2.71. The van der Waals surface area contributed by atoms with E-state index >= 15 is 0 Å². The molecule has 1 aromatic heterocycles. The molecule has 118 valence electrons. The Bertz CT molecular complexity index is 980. The first-order valence-electron chi connectivity index (χ1n) is 6.98. The highest BCUT2D eigenvalue weighted by Gasteiger charge is 2.15. The summed E-state index contributed by atoms with van der Waals surface area (Å²) in [6, 6.07) is 13.6. The minimum Gasteiger partial charge on any atom is -0.504 e. The third-order valence-corrected chi connectivity index (χ3v) is 3.57. The van der Waals surface area contributed by atoms with Gasteiger partial charge in [0.15, 0.2) is 11.5 Å². The molecule has 0 unspecified atom stereocenters. The number of rotatable bonds is 2. The lowest BCUT2D eigenvalue weighted by molar-refractivity contribution is 0.404. The smallest absolute Gasteiger partial charge is 0.158 e. The molecule has 3 aromatic rings. The Labute approximate surface area is 137 Å². The van der Waals surface area contributed by atoms with Gasteiger partial charge in [-0.2, -0.15) is 5.26 Å². The molecule has 0 amide bonds. The van der Waals surface area contributed by atoms with Crippen molar-refractivity contribution >= 4 is 5.82 Å². The number of nitrogens with zero attached hydrogens (tertiary/aromatic N) is 2. The van der Waals surface area contributed by atoms with Gasteiger partial charge >= 0.3 is 0 Å². The minimum atomic E-state index is -0.416. The summed E-state index contributed by atoms with van der Waals surface area (Å²) in [5.41, 5.74) is 7.83. The van der Waals surface area contributed by atoms with Crippen molar-refractivity contribution in [2.45, 2.75) is 0 Å². The number of pyridine rings is 1. The summed E-state index contributed by atoms with van der Waals surface area (Å²) in [5.74, 6) is -1.01. The second-order valence-electron chi connectivity index (χ2n) is 5.14. The van der Waals surface area contributed by atoms with Gasteiger partial charge < -0.3 is 15.9 Å². The SMILES string of the molecule is N#Cc1c(-c2ccc(O)c(O)c2)cc(-c2cccc(F)c2)nc1N. The van der Waals surface area contributed by atoms with Crippen molar-refractivity contribution in [2.75, 3.05) is 5.73 Å². The van der Waals surface area contributed by atoms with E-state index in [1.54, 1.807) is 24.3 Å². The fourth-order valence-corrected chi connectivity index (χ4v) is 2.40. The first-order chi connectivity index (χ1) is 11.5. The van der Waals surface area contributed by atoms with Gasteiger partial charge in [-0.25, -0.2) is 9.37 Å². The van der Waals surface area contributed by atoms with Crippen molar-refractivity contribution in [2.24, 2.45) is 0 Å². The van der Waals surface area contributed by atoms with Gasteiger partial charge in [0.25, 0.3) is 0 Å². The first kappa shape index (κ1) is 15.3. The summed E-state index contributed by atoms with van der Waals surface area (Å²) >= 11 is 0. The molecule has 3 rings (SSSR count). The lowest BCUT2D eigenvalue weighted by atomic mass is 9.98. The zero-order chi connectivity index (χ0) is 17.3. The van der Waals surface area contributed by atoms with Crippen molar-refractivity contribution < 1.29 is 14.6 Å². The van der Waals surface area contributed by atoms with Gasteiger partial charge in [0, 0.05) is 11.1 Å². The molecular formula is C18H12FN3O2. The number of nitriles is 1. The Morgan fingerprint density at radius 2 is 1.79 bits per heavy atom. The van der Waals surface area contributed by atoms with Crippen LogP contribution in [0.2, 0.25) is 0 Å². The van der Waals surface area contributed by atoms with E-state index in [9.17, 15) is 19.9 Å². The van der Waals surface area contributed by atoms with Crippen molar-refractivity contribution in [3.8, 4) is 40.0 Å². The molecular weight excluding hydrogens is 309 g/mol. The zero-order valence-corrected chi connectivity index (χ0v) is 12.4. The van der Waals surface area contributed by atoms with Crippen molar-refractivity contribution in [3.05, 3.63) is 59.9 Å². The average Bonchev–Trinajstić information content (AvgIpc) is 2.56. The molecule has 0 radical (unpaired) electrons. The van der Waals surface area contributed by atoms with Crippen LogP contribution in [-0.4, -0.2) is 15.2 Å². The fraction of sp³-hybridized carbons (Fsp3) is 0. The lowest BCUT2D eigenvalue weighted by Gasteiger charge is -2.11. The van der Waals surface area contributed by atoms with Crippen molar-refractivity contribution in [1.82, 2.24) is 4.98 Å². The van der Waals surface area contributed by atoms with E-state index in [1.165, 1.54) is 24.3 Å². The second kappa shape index (κ2) is 5.89. The topological polar surface area (TPSA) is 103 Å². The minimum absolute atomic E-state index is 0.00169. The monoisotopic (exact) mass is 321 g/mol. The normalized spacial score (nSPS) is 10.3. The molecule has 0 spiro atoms. The maximum Gasteiger partial charge on any atom is 0.158 e. The summed E-state index contributed by atoms with van der Waals surface area (Å²) < 4.78 is 13.4. The van der Waals surface area contributed by atoms with Crippen LogP contribution in [0.3, 0.4) is 0 Å². The Balaban J connectivity index is 2.24. The number of anilines is 1. The van der Waals surface area contributed by atoms with Crippen LogP contribution in [-0.2, 0) is 0 Å².